The molecule has 0 aliphatic rings. The third-order valence-electron chi connectivity index (χ3n) is 1.00. The van der Waals surface area contributed by atoms with Crippen molar-refractivity contribution < 1.29 is 4.79 Å². The van der Waals surface area contributed by atoms with Gasteiger partial charge in [0.15, 0.2) is 0 Å². The molecular weight excluding hydrogens is 164 g/mol. The van der Waals surface area contributed by atoms with Crippen molar-refractivity contribution in [3.05, 3.63) is 18.7 Å². The Morgan fingerprint density at radius 3 is 2.55 bits per heavy atom. The van der Waals surface area contributed by atoms with Crippen LogP contribution in [0, 0.1) is 0 Å². The van der Waals surface area contributed by atoms with Gasteiger partial charge in [-0.2, -0.15) is 0 Å². The van der Waals surface area contributed by atoms with Crippen LogP contribution in [0.25, 0.3) is 0 Å². The number of urea groups is 1. The standard InChI is InChI=1S/C5H6N4OS/c6-5(10)9(11)4-1-7-3-8-2-4/h1-3,11H,(H2,6,10). The molecule has 0 spiro atoms. The molecule has 2 N–H and O–H groups in total. The molecule has 0 aromatic carbocycles. The van der Waals surface area contributed by atoms with Crippen molar-refractivity contribution in [3.8, 4) is 0 Å². The summed E-state index contributed by atoms with van der Waals surface area (Å²) in [5.41, 5.74) is 5.37. The zero-order valence-corrected chi connectivity index (χ0v) is 6.40. The van der Waals surface area contributed by atoms with Crippen molar-refractivity contribution >= 4 is 24.5 Å². The molecule has 2 amide bonds. The van der Waals surface area contributed by atoms with Gasteiger partial charge < -0.3 is 5.73 Å². The van der Waals surface area contributed by atoms with Gasteiger partial charge in [0.2, 0.25) is 0 Å². The van der Waals surface area contributed by atoms with E-state index in [1.807, 2.05) is 0 Å². The van der Waals surface area contributed by atoms with Gasteiger partial charge in [-0.15, -0.1) is 0 Å². The number of carbonyl (C=O) groups excluding carboxylic acids is 1. The summed E-state index contributed by atoms with van der Waals surface area (Å²) >= 11 is 3.79. The molecule has 1 aromatic rings. The summed E-state index contributed by atoms with van der Waals surface area (Å²) in [5, 5.41) is 0. The van der Waals surface area contributed by atoms with Crippen LogP contribution in [-0.4, -0.2) is 16.0 Å². The van der Waals surface area contributed by atoms with E-state index in [-0.39, 0.29) is 0 Å². The Hall–Kier alpha value is -1.30. The third kappa shape index (κ3) is 1.81. The van der Waals surface area contributed by atoms with Crippen LogP contribution in [0.15, 0.2) is 18.7 Å². The maximum absolute atomic E-state index is 10.5. The smallest absolute Gasteiger partial charge is 0.329 e. The highest BCUT2D eigenvalue weighted by Crippen LogP contribution is 2.10. The van der Waals surface area contributed by atoms with E-state index in [1.54, 1.807) is 0 Å². The van der Waals surface area contributed by atoms with E-state index in [1.165, 1.54) is 18.7 Å². The number of amides is 2. The molecule has 58 valence electrons. The number of hydrogen-bond donors (Lipinski definition) is 2. The Labute approximate surface area is 68.8 Å². The Bertz CT molecular complexity index is 252. The fourth-order valence-corrected chi connectivity index (χ4v) is 0.631. The normalized spacial score (nSPS) is 9.18. The molecule has 1 rings (SSSR count). The van der Waals surface area contributed by atoms with Crippen molar-refractivity contribution in [1.29, 1.82) is 0 Å². The summed E-state index contributed by atoms with van der Waals surface area (Å²) in [6.45, 7) is 0. The lowest BCUT2D eigenvalue weighted by atomic mass is 10.5. The number of thiol groups is 1. The fourth-order valence-electron chi connectivity index (χ4n) is 0.528. The minimum absolute atomic E-state index is 0.448. The predicted octanol–water partition coefficient (Wildman–Crippen LogP) is 0.207. The van der Waals surface area contributed by atoms with E-state index in [2.05, 4.69) is 22.8 Å². The molecule has 0 bridgehead atoms. The average molecular weight is 170 g/mol. The lowest BCUT2D eigenvalue weighted by Crippen LogP contribution is -2.27. The monoisotopic (exact) mass is 170 g/mol. The zero-order valence-electron chi connectivity index (χ0n) is 5.51. The van der Waals surface area contributed by atoms with Gasteiger partial charge in [-0.3, -0.25) is 0 Å². The maximum Gasteiger partial charge on any atom is 0.329 e. The van der Waals surface area contributed by atoms with Gasteiger partial charge in [0, 0.05) is 0 Å². The van der Waals surface area contributed by atoms with Crippen LogP contribution in [0.4, 0.5) is 10.5 Å². The summed E-state index contributed by atoms with van der Waals surface area (Å²) < 4.78 is 0.958. The summed E-state index contributed by atoms with van der Waals surface area (Å²) in [4.78, 5) is 17.9. The molecular formula is C5H6N4OS. The largest absolute Gasteiger partial charge is 0.350 e. The van der Waals surface area contributed by atoms with Gasteiger partial charge in [0.1, 0.15) is 6.33 Å². The molecule has 0 radical (unpaired) electrons. The van der Waals surface area contributed by atoms with Crippen LogP contribution in [-0.2, 0) is 0 Å². The molecule has 1 heterocycles. The van der Waals surface area contributed by atoms with Crippen LogP contribution < -0.4 is 10.0 Å². The highest BCUT2D eigenvalue weighted by Gasteiger charge is 2.06. The Morgan fingerprint density at radius 1 is 1.55 bits per heavy atom. The van der Waals surface area contributed by atoms with E-state index >= 15 is 0 Å². The summed E-state index contributed by atoms with van der Waals surface area (Å²) in [5.74, 6) is 0. The second-order valence-corrected chi connectivity index (χ2v) is 2.15. The van der Waals surface area contributed by atoms with Gasteiger partial charge in [-0.25, -0.2) is 19.1 Å². The molecule has 5 nitrogen and oxygen atoms in total. The van der Waals surface area contributed by atoms with E-state index in [0.29, 0.717) is 5.69 Å². The first kappa shape index (κ1) is 7.80. The van der Waals surface area contributed by atoms with E-state index in [4.69, 9.17) is 5.73 Å². The first-order valence-electron chi connectivity index (χ1n) is 2.75. The molecule has 0 aliphatic heterocycles. The van der Waals surface area contributed by atoms with Crippen LogP contribution >= 0.6 is 12.8 Å². The lowest BCUT2D eigenvalue weighted by molar-refractivity contribution is 0.257. The highest BCUT2D eigenvalue weighted by molar-refractivity contribution is 7.82. The third-order valence-corrected chi connectivity index (χ3v) is 1.43. The van der Waals surface area contributed by atoms with Crippen molar-refractivity contribution in [2.45, 2.75) is 0 Å². The molecule has 0 unspecified atom stereocenters. The first-order valence-corrected chi connectivity index (χ1v) is 3.15. The van der Waals surface area contributed by atoms with E-state index < -0.39 is 6.03 Å². The molecule has 0 fully saturated rings. The van der Waals surface area contributed by atoms with Gasteiger partial charge in [-0.05, 0) is 0 Å². The van der Waals surface area contributed by atoms with Crippen molar-refractivity contribution in [3.63, 3.8) is 0 Å². The Kier molecular flexibility index (Phi) is 2.27. The van der Waals surface area contributed by atoms with Crippen molar-refractivity contribution in [2.24, 2.45) is 5.73 Å². The van der Waals surface area contributed by atoms with Gasteiger partial charge in [-0.1, -0.05) is 12.8 Å². The molecule has 6 heteroatoms. The number of rotatable bonds is 1. The van der Waals surface area contributed by atoms with Crippen molar-refractivity contribution in [1.82, 2.24) is 9.97 Å². The fraction of sp³-hybridized carbons (Fsp3) is 0. The topological polar surface area (TPSA) is 72.1 Å². The van der Waals surface area contributed by atoms with Crippen LogP contribution in [0.3, 0.4) is 0 Å². The van der Waals surface area contributed by atoms with Gasteiger partial charge >= 0.3 is 6.03 Å². The SMILES string of the molecule is NC(=O)N(S)c1cncnc1. The van der Waals surface area contributed by atoms with E-state index in [0.717, 1.165) is 4.31 Å². The summed E-state index contributed by atoms with van der Waals surface area (Å²) in [6.07, 6.45) is 4.22. The number of aromatic nitrogens is 2. The quantitative estimate of drug-likeness (QED) is 0.591. The molecule has 0 saturated carbocycles. The first-order chi connectivity index (χ1) is 5.22. The number of carbonyl (C=O) groups is 1. The molecule has 0 atom stereocenters. The number of primary amides is 1. The van der Waals surface area contributed by atoms with E-state index in [9.17, 15) is 4.79 Å². The second-order valence-electron chi connectivity index (χ2n) is 1.75. The summed E-state index contributed by atoms with van der Waals surface area (Å²) in [6, 6.07) is -0.664. The Balaban J connectivity index is 2.85. The van der Waals surface area contributed by atoms with Crippen LogP contribution in [0.1, 0.15) is 0 Å². The number of hydrogen-bond acceptors (Lipinski definition) is 4. The maximum atomic E-state index is 10.5. The lowest BCUT2D eigenvalue weighted by Gasteiger charge is -2.09. The summed E-state index contributed by atoms with van der Waals surface area (Å²) in [7, 11) is 0. The molecule has 0 aliphatic carbocycles. The number of nitrogens with zero attached hydrogens (tertiary/aromatic N) is 3. The van der Waals surface area contributed by atoms with Crippen molar-refractivity contribution in [2.75, 3.05) is 4.31 Å². The predicted molar refractivity (Wildman–Crippen MR) is 43.1 cm³/mol. The molecule has 1 aromatic heterocycles. The average Bonchev–Trinajstić information content (AvgIpc) is 2.05. The molecule has 0 saturated heterocycles. The number of anilines is 1. The highest BCUT2D eigenvalue weighted by atomic mass is 32.1. The Morgan fingerprint density at radius 2 is 2.09 bits per heavy atom. The van der Waals surface area contributed by atoms with Crippen LogP contribution in [0.5, 0.6) is 0 Å². The van der Waals surface area contributed by atoms with Gasteiger partial charge in [0.05, 0.1) is 18.1 Å². The zero-order chi connectivity index (χ0) is 8.27. The number of nitrogens with two attached hydrogens (primary N) is 1. The second kappa shape index (κ2) is 3.20. The minimum Gasteiger partial charge on any atom is -0.350 e. The van der Waals surface area contributed by atoms with Gasteiger partial charge in [0.25, 0.3) is 0 Å². The minimum atomic E-state index is -0.664. The van der Waals surface area contributed by atoms with Crippen LogP contribution in [0.2, 0.25) is 0 Å². The molecule has 11 heavy (non-hydrogen) atoms.